The number of hydrogen-bond donors (Lipinski definition) is 0. The zero-order valence-corrected chi connectivity index (χ0v) is 8.44. The van der Waals surface area contributed by atoms with Crippen LogP contribution < -0.4 is 0 Å². The van der Waals surface area contributed by atoms with Gasteiger partial charge in [-0.25, -0.2) is 0 Å². The number of nitrogens with zero attached hydrogens (tertiary/aromatic N) is 1. The predicted molar refractivity (Wildman–Crippen MR) is 52.8 cm³/mol. The molecule has 0 saturated heterocycles. The quantitative estimate of drug-likeness (QED) is 0.683. The van der Waals surface area contributed by atoms with E-state index in [1.807, 2.05) is 11.7 Å². The molecule has 1 atom stereocenters. The van der Waals surface area contributed by atoms with E-state index in [2.05, 4.69) is 4.98 Å². The predicted octanol–water partition coefficient (Wildman–Crippen LogP) is 3.09. The van der Waals surface area contributed by atoms with E-state index in [0.29, 0.717) is 5.38 Å². The maximum absolute atomic E-state index is 6.18. The van der Waals surface area contributed by atoms with Crippen LogP contribution in [-0.4, -0.2) is 10.4 Å². The monoisotopic (exact) mass is 201 g/mol. The summed E-state index contributed by atoms with van der Waals surface area (Å²) in [4.78, 5) is 5.40. The van der Waals surface area contributed by atoms with Crippen LogP contribution >= 0.6 is 22.9 Å². The minimum atomic E-state index is 0.409. The van der Waals surface area contributed by atoms with E-state index in [0.717, 1.165) is 18.8 Å². The van der Waals surface area contributed by atoms with Gasteiger partial charge in [0.1, 0.15) is 0 Å². The Labute approximate surface area is 81.8 Å². The van der Waals surface area contributed by atoms with Gasteiger partial charge >= 0.3 is 0 Å². The zero-order valence-electron chi connectivity index (χ0n) is 6.87. The Balaban J connectivity index is 1.74. The highest BCUT2D eigenvalue weighted by Crippen LogP contribution is 2.37. The van der Waals surface area contributed by atoms with Crippen molar-refractivity contribution in [3.05, 3.63) is 16.6 Å². The number of rotatable bonds is 4. The first kappa shape index (κ1) is 8.52. The maximum Gasteiger partial charge on any atom is 0.0794 e. The van der Waals surface area contributed by atoms with Crippen molar-refractivity contribution in [2.24, 2.45) is 5.92 Å². The summed E-state index contributed by atoms with van der Waals surface area (Å²) < 4.78 is 0. The normalized spacial score (nSPS) is 19.4. The number of thiazole rings is 1. The Kier molecular flexibility index (Phi) is 2.66. The van der Waals surface area contributed by atoms with Crippen LogP contribution in [0.3, 0.4) is 0 Å². The smallest absolute Gasteiger partial charge is 0.0794 e. The van der Waals surface area contributed by atoms with Gasteiger partial charge in [0, 0.05) is 16.5 Å². The zero-order chi connectivity index (χ0) is 8.39. The highest BCUT2D eigenvalue weighted by Gasteiger charge is 2.29. The number of aryl methyl sites for hydroxylation is 1. The molecule has 1 unspecified atom stereocenters. The number of alkyl halides is 1. The summed E-state index contributed by atoms with van der Waals surface area (Å²) in [5.74, 6) is 0.819. The Hall–Kier alpha value is -0.0800. The number of aromatic nitrogens is 1. The van der Waals surface area contributed by atoms with Crippen molar-refractivity contribution in [2.75, 3.05) is 0 Å². The second-order valence-electron chi connectivity index (χ2n) is 3.36. The van der Waals surface area contributed by atoms with E-state index in [9.17, 15) is 0 Å². The molecule has 66 valence electrons. The Morgan fingerprint density at radius 2 is 2.50 bits per heavy atom. The summed E-state index contributed by atoms with van der Waals surface area (Å²) in [6.45, 7) is 0. The van der Waals surface area contributed by atoms with Crippen LogP contribution in [0.25, 0.3) is 0 Å². The van der Waals surface area contributed by atoms with Gasteiger partial charge in [-0.15, -0.1) is 22.9 Å². The van der Waals surface area contributed by atoms with Crippen LogP contribution in [0.1, 0.15) is 24.1 Å². The Morgan fingerprint density at radius 1 is 1.67 bits per heavy atom. The molecule has 1 nitrogen and oxygen atoms in total. The third-order valence-electron chi connectivity index (χ3n) is 2.28. The third kappa shape index (κ3) is 2.20. The highest BCUT2D eigenvalue weighted by molar-refractivity contribution is 7.09. The standard InChI is InChI=1S/C9H12ClNS/c10-9(7-1-2-7)4-3-8-5-11-6-12-8/h5-7,9H,1-4H2. The lowest BCUT2D eigenvalue weighted by Crippen LogP contribution is -2.01. The summed E-state index contributed by atoms with van der Waals surface area (Å²) in [6, 6.07) is 0. The van der Waals surface area contributed by atoms with Crippen molar-refractivity contribution in [2.45, 2.75) is 31.1 Å². The molecule has 1 fully saturated rings. The molecular weight excluding hydrogens is 190 g/mol. The molecule has 12 heavy (non-hydrogen) atoms. The summed E-state index contributed by atoms with van der Waals surface area (Å²) in [7, 11) is 0. The number of hydrogen-bond acceptors (Lipinski definition) is 2. The lowest BCUT2D eigenvalue weighted by atomic mass is 10.1. The van der Waals surface area contributed by atoms with E-state index in [1.54, 1.807) is 11.3 Å². The second kappa shape index (κ2) is 3.75. The van der Waals surface area contributed by atoms with Crippen molar-refractivity contribution >= 4 is 22.9 Å². The van der Waals surface area contributed by atoms with E-state index in [1.165, 1.54) is 17.7 Å². The molecule has 1 aromatic heterocycles. The van der Waals surface area contributed by atoms with Crippen LogP contribution in [0.4, 0.5) is 0 Å². The molecule has 0 aliphatic heterocycles. The van der Waals surface area contributed by atoms with Crippen molar-refractivity contribution in [1.82, 2.24) is 4.98 Å². The van der Waals surface area contributed by atoms with Gasteiger partial charge in [0.25, 0.3) is 0 Å². The largest absolute Gasteiger partial charge is 0.253 e. The first-order valence-corrected chi connectivity index (χ1v) is 5.69. The molecule has 1 heterocycles. The molecule has 0 amide bonds. The second-order valence-corrected chi connectivity index (χ2v) is 4.89. The lowest BCUT2D eigenvalue weighted by molar-refractivity contribution is 0.680. The summed E-state index contributed by atoms with van der Waals surface area (Å²) in [5, 5.41) is 0.409. The molecule has 1 aliphatic rings. The van der Waals surface area contributed by atoms with Crippen molar-refractivity contribution < 1.29 is 0 Å². The van der Waals surface area contributed by atoms with Gasteiger partial charge in [-0.2, -0.15) is 0 Å². The molecule has 0 spiro atoms. The van der Waals surface area contributed by atoms with Gasteiger partial charge in [-0.1, -0.05) is 0 Å². The molecule has 2 rings (SSSR count). The summed E-state index contributed by atoms with van der Waals surface area (Å²) >= 11 is 7.91. The molecule has 0 N–H and O–H groups in total. The Morgan fingerprint density at radius 3 is 3.08 bits per heavy atom. The molecule has 0 radical (unpaired) electrons. The van der Waals surface area contributed by atoms with Gasteiger partial charge in [0.15, 0.2) is 0 Å². The van der Waals surface area contributed by atoms with Gasteiger partial charge in [0.05, 0.1) is 5.51 Å². The first-order chi connectivity index (χ1) is 5.86. The van der Waals surface area contributed by atoms with Crippen LogP contribution in [0.5, 0.6) is 0 Å². The lowest BCUT2D eigenvalue weighted by Gasteiger charge is -2.04. The van der Waals surface area contributed by atoms with E-state index < -0.39 is 0 Å². The summed E-state index contributed by atoms with van der Waals surface area (Å²) in [5.41, 5.74) is 1.88. The average molecular weight is 202 g/mol. The van der Waals surface area contributed by atoms with E-state index in [-0.39, 0.29) is 0 Å². The average Bonchev–Trinajstić information content (AvgIpc) is 2.80. The fraction of sp³-hybridized carbons (Fsp3) is 0.667. The molecule has 1 aliphatic carbocycles. The number of halogens is 1. The van der Waals surface area contributed by atoms with Crippen LogP contribution in [0, 0.1) is 5.92 Å². The van der Waals surface area contributed by atoms with Gasteiger partial charge in [0.2, 0.25) is 0 Å². The molecule has 3 heteroatoms. The van der Waals surface area contributed by atoms with Crippen LogP contribution in [0.15, 0.2) is 11.7 Å². The van der Waals surface area contributed by atoms with Crippen LogP contribution in [0.2, 0.25) is 0 Å². The van der Waals surface area contributed by atoms with E-state index >= 15 is 0 Å². The molecule has 0 bridgehead atoms. The SMILES string of the molecule is ClC(CCc1cncs1)C1CC1. The topological polar surface area (TPSA) is 12.9 Å². The molecule has 1 aromatic rings. The maximum atomic E-state index is 6.18. The first-order valence-electron chi connectivity index (χ1n) is 4.37. The minimum absolute atomic E-state index is 0.409. The third-order valence-corrected chi connectivity index (χ3v) is 3.70. The van der Waals surface area contributed by atoms with Gasteiger partial charge in [-0.05, 0) is 31.6 Å². The van der Waals surface area contributed by atoms with Gasteiger partial charge < -0.3 is 0 Å². The molecular formula is C9H12ClNS. The van der Waals surface area contributed by atoms with Crippen LogP contribution in [-0.2, 0) is 6.42 Å². The minimum Gasteiger partial charge on any atom is -0.253 e. The van der Waals surface area contributed by atoms with E-state index in [4.69, 9.17) is 11.6 Å². The molecule has 0 aromatic carbocycles. The summed E-state index contributed by atoms with van der Waals surface area (Å²) in [6.07, 6.45) is 6.86. The fourth-order valence-electron chi connectivity index (χ4n) is 1.34. The van der Waals surface area contributed by atoms with Crippen molar-refractivity contribution in [3.8, 4) is 0 Å². The van der Waals surface area contributed by atoms with Gasteiger partial charge in [-0.3, -0.25) is 4.98 Å². The van der Waals surface area contributed by atoms with Crippen molar-refractivity contribution in [1.29, 1.82) is 0 Å². The highest BCUT2D eigenvalue weighted by atomic mass is 35.5. The molecule has 1 saturated carbocycles. The fourth-order valence-corrected chi connectivity index (χ4v) is 2.31. The van der Waals surface area contributed by atoms with Crippen molar-refractivity contribution in [3.63, 3.8) is 0 Å². The Bertz CT molecular complexity index is 231.